The van der Waals surface area contributed by atoms with E-state index in [2.05, 4.69) is 15.3 Å². The van der Waals surface area contributed by atoms with Crippen molar-refractivity contribution in [1.29, 1.82) is 0 Å². The Kier molecular flexibility index (Phi) is 2.73. The molecule has 1 aromatic carbocycles. The number of H-pyrrole nitrogens is 1. The normalized spacial score (nSPS) is 20.6. The van der Waals surface area contributed by atoms with E-state index in [-0.39, 0.29) is 0 Å². The molecule has 0 saturated carbocycles. The van der Waals surface area contributed by atoms with E-state index < -0.39 is 0 Å². The molecule has 2 aromatic rings. The lowest BCUT2D eigenvalue weighted by atomic mass is 9.99. The second kappa shape index (κ2) is 4.37. The number of benzene rings is 1. The number of aromatic nitrogens is 2. The van der Waals surface area contributed by atoms with Crippen molar-refractivity contribution >= 4 is 11.0 Å². The van der Waals surface area contributed by atoms with Crippen molar-refractivity contribution in [2.24, 2.45) is 0 Å². The lowest BCUT2D eigenvalue weighted by Gasteiger charge is -2.20. The van der Waals surface area contributed by atoms with Crippen LogP contribution in [0, 0.1) is 0 Å². The van der Waals surface area contributed by atoms with Crippen LogP contribution in [0.1, 0.15) is 24.6 Å². The minimum absolute atomic E-state index is 0.501. The van der Waals surface area contributed by atoms with Crippen molar-refractivity contribution in [3.63, 3.8) is 0 Å². The Morgan fingerprint density at radius 2 is 2.35 bits per heavy atom. The van der Waals surface area contributed by atoms with Gasteiger partial charge in [-0.1, -0.05) is 6.07 Å². The number of methoxy groups -OCH3 is 1. The zero-order chi connectivity index (χ0) is 11.7. The first-order valence-electron chi connectivity index (χ1n) is 6.12. The Hall–Kier alpha value is -1.55. The fourth-order valence-electron chi connectivity index (χ4n) is 2.47. The van der Waals surface area contributed by atoms with Crippen molar-refractivity contribution in [2.75, 3.05) is 20.2 Å². The third-order valence-electron chi connectivity index (χ3n) is 3.40. The third kappa shape index (κ3) is 1.89. The molecule has 1 atom stereocenters. The molecule has 90 valence electrons. The number of piperidine rings is 1. The highest BCUT2D eigenvalue weighted by atomic mass is 16.5. The average Bonchev–Trinajstić information content (AvgIpc) is 2.83. The summed E-state index contributed by atoms with van der Waals surface area (Å²) < 4.78 is 5.33. The van der Waals surface area contributed by atoms with Crippen LogP contribution in [0.15, 0.2) is 18.2 Å². The number of nitrogens with one attached hydrogen (secondary N) is 2. The van der Waals surface area contributed by atoms with Crippen molar-refractivity contribution in [1.82, 2.24) is 15.3 Å². The fraction of sp³-hybridized carbons (Fsp3) is 0.462. The van der Waals surface area contributed by atoms with E-state index in [0.717, 1.165) is 35.7 Å². The third-order valence-corrected chi connectivity index (χ3v) is 3.40. The first kappa shape index (κ1) is 10.6. The number of nitrogens with zero attached hydrogens (tertiary/aromatic N) is 1. The SMILES string of the molecule is COc1cccc2[nH]c(C3CCCNC3)nc12. The molecule has 0 radical (unpaired) electrons. The van der Waals surface area contributed by atoms with Crippen LogP contribution in [0.2, 0.25) is 0 Å². The first-order valence-corrected chi connectivity index (χ1v) is 6.12. The van der Waals surface area contributed by atoms with E-state index in [1.807, 2.05) is 18.2 Å². The number of hydrogen-bond donors (Lipinski definition) is 2. The highest BCUT2D eigenvalue weighted by Gasteiger charge is 2.19. The Morgan fingerprint density at radius 3 is 3.12 bits per heavy atom. The summed E-state index contributed by atoms with van der Waals surface area (Å²) in [5.74, 6) is 2.42. The summed E-state index contributed by atoms with van der Waals surface area (Å²) in [6.07, 6.45) is 2.42. The average molecular weight is 231 g/mol. The molecule has 1 aliphatic heterocycles. The van der Waals surface area contributed by atoms with E-state index in [1.165, 1.54) is 12.8 Å². The van der Waals surface area contributed by atoms with Gasteiger partial charge in [-0.15, -0.1) is 0 Å². The molecule has 0 aliphatic carbocycles. The molecule has 0 spiro atoms. The highest BCUT2D eigenvalue weighted by Crippen LogP contribution is 2.27. The zero-order valence-electron chi connectivity index (χ0n) is 9.99. The lowest BCUT2D eigenvalue weighted by molar-refractivity contribution is 0.418. The molecule has 1 aliphatic rings. The van der Waals surface area contributed by atoms with Crippen molar-refractivity contribution in [2.45, 2.75) is 18.8 Å². The minimum atomic E-state index is 0.501. The maximum Gasteiger partial charge on any atom is 0.146 e. The van der Waals surface area contributed by atoms with Gasteiger partial charge in [-0.2, -0.15) is 0 Å². The predicted octanol–water partition coefficient (Wildman–Crippen LogP) is 2.04. The van der Waals surface area contributed by atoms with Gasteiger partial charge in [-0.05, 0) is 31.5 Å². The summed E-state index contributed by atoms with van der Waals surface area (Å²) in [7, 11) is 1.69. The second-order valence-corrected chi connectivity index (χ2v) is 4.52. The molecule has 4 heteroatoms. The molecule has 3 rings (SSSR count). The molecule has 2 N–H and O–H groups in total. The van der Waals surface area contributed by atoms with Crippen molar-refractivity contribution < 1.29 is 4.74 Å². The molecule has 1 saturated heterocycles. The van der Waals surface area contributed by atoms with Crippen LogP contribution in [-0.4, -0.2) is 30.2 Å². The van der Waals surface area contributed by atoms with Crippen LogP contribution < -0.4 is 10.1 Å². The van der Waals surface area contributed by atoms with E-state index in [0.29, 0.717) is 5.92 Å². The van der Waals surface area contributed by atoms with Gasteiger partial charge < -0.3 is 15.0 Å². The molecule has 1 fully saturated rings. The maximum absolute atomic E-state index is 5.33. The quantitative estimate of drug-likeness (QED) is 0.831. The standard InChI is InChI=1S/C13H17N3O/c1-17-11-6-2-5-10-12(11)16-13(15-10)9-4-3-7-14-8-9/h2,5-6,9,14H,3-4,7-8H2,1H3,(H,15,16). The summed E-state index contributed by atoms with van der Waals surface area (Å²) in [4.78, 5) is 8.10. The highest BCUT2D eigenvalue weighted by molar-refractivity contribution is 5.81. The van der Waals surface area contributed by atoms with Gasteiger partial charge in [0.25, 0.3) is 0 Å². The second-order valence-electron chi connectivity index (χ2n) is 4.52. The molecule has 0 bridgehead atoms. The molecular weight excluding hydrogens is 214 g/mol. The van der Waals surface area contributed by atoms with E-state index in [9.17, 15) is 0 Å². The lowest BCUT2D eigenvalue weighted by Crippen LogP contribution is -2.28. The minimum Gasteiger partial charge on any atom is -0.494 e. The van der Waals surface area contributed by atoms with Crippen LogP contribution in [-0.2, 0) is 0 Å². The predicted molar refractivity (Wildman–Crippen MR) is 67.5 cm³/mol. The molecule has 1 unspecified atom stereocenters. The monoisotopic (exact) mass is 231 g/mol. The van der Waals surface area contributed by atoms with Crippen LogP contribution in [0.25, 0.3) is 11.0 Å². The number of fused-ring (bicyclic) bond motifs is 1. The number of hydrogen-bond acceptors (Lipinski definition) is 3. The Balaban J connectivity index is 2.00. The Bertz CT molecular complexity index is 514. The Labute approximate surface area is 100 Å². The topological polar surface area (TPSA) is 49.9 Å². The number of aromatic amines is 1. The van der Waals surface area contributed by atoms with Gasteiger partial charge in [0.15, 0.2) is 0 Å². The number of ether oxygens (including phenoxy) is 1. The summed E-state index contributed by atoms with van der Waals surface area (Å²) in [5, 5.41) is 3.42. The summed E-state index contributed by atoms with van der Waals surface area (Å²) in [6, 6.07) is 5.99. The van der Waals surface area contributed by atoms with Gasteiger partial charge >= 0.3 is 0 Å². The molecule has 2 heterocycles. The van der Waals surface area contributed by atoms with Gasteiger partial charge in [0.05, 0.1) is 12.6 Å². The van der Waals surface area contributed by atoms with Crippen molar-refractivity contribution in [3.05, 3.63) is 24.0 Å². The first-order chi connectivity index (χ1) is 8.38. The molecule has 17 heavy (non-hydrogen) atoms. The molecular formula is C13H17N3O. The maximum atomic E-state index is 5.33. The van der Waals surface area contributed by atoms with Gasteiger partial charge in [-0.25, -0.2) is 4.98 Å². The fourth-order valence-corrected chi connectivity index (χ4v) is 2.47. The van der Waals surface area contributed by atoms with Crippen LogP contribution in [0.4, 0.5) is 0 Å². The van der Waals surface area contributed by atoms with Crippen LogP contribution >= 0.6 is 0 Å². The van der Waals surface area contributed by atoms with Gasteiger partial charge in [0, 0.05) is 12.5 Å². The number of para-hydroxylation sites is 1. The van der Waals surface area contributed by atoms with E-state index in [4.69, 9.17) is 4.74 Å². The number of imidazole rings is 1. The van der Waals surface area contributed by atoms with E-state index >= 15 is 0 Å². The summed E-state index contributed by atoms with van der Waals surface area (Å²) in [5.41, 5.74) is 2.00. The molecule has 1 aromatic heterocycles. The summed E-state index contributed by atoms with van der Waals surface area (Å²) >= 11 is 0. The summed E-state index contributed by atoms with van der Waals surface area (Å²) in [6.45, 7) is 2.14. The molecule has 4 nitrogen and oxygen atoms in total. The largest absolute Gasteiger partial charge is 0.494 e. The molecule has 0 amide bonds. The number of rotatable bonds is 2. The van der Waals surface area contributed by atoms with Crippen molar-refractivity contribution in [3.8, 4) is 5.75 Å². The van der Waals surface area contributed by atoms with Crippen LogP contribution in [0.5, 0.6) is 5.75 Å². The van der Waals surface area contributed by atoms with Gasteiger partial charge in [-0.3, -0.25) is 0 Å². The van der Waals surface area contributed by atoms with Gasteiger partial charge in [0.2, 0.25) is 0 Å². The van der Waals surface area contributed by atoms with Crippen LogP contribution in [0.3, 0.4) is 0 Å². The smallest absolute Gasteiger partial charge is 0.146 e. The van der Waals surface area contributed by atoms with Gasteiger partial charge in [0.1, 0.15) is 17.1 Å². The zero-order valence-corrected chi connectivity index (χ0v) is 9.99. The Morgan fingerprint density at radius 1 is 1.41 bits per heavy atom. The van der Waals surface area contributed by atoms with E-state index in [1.54, 1.807) is 7.11 Å².